The highest BCUT2D eigenvalue weighted by molar-refractivity contribution is 5.23. The predicted octanol–water partition coefficient (Wildman–Crippen LogP) is 2.13. The van der Waals surface area contributed by atoms with Crippen molar-refractivity contribution < 1.29 is 13.9 Å². The first-order valence-electron chi connectivity index (χ1n) is 6.07. The van der Waals surface area contributed by atoms with Gasteiger partial charge in [0, 0.05) is 31.5 Å². The normalized spacial score (nSPS) is 12.8. The van der Waals surface area contributed by atoms with Crippen molar-refractivity contribution in [2.75, 3.05) is 13.7 Å². The van der Waals surface area contributed by atoms with Crippen LogP contribution in [0.25, 0.3) is 0 Å². The van der Waals surface area contributed by atoms with Crippen molar-refractivity contribution in [3.05, 3.63) is 23.6 Å². The van der Waals surface area contributed by atoms with E-state index in [4.69, 9.17) is 9.47 Å². The molecule has 0 radical (unpaired) electrons. The standard InChI is InChI=1S/C13H21FN2O2/c1-9(2)16-7-11-5-6-15-13(12(11)14)18-10(3)8-17-4/h5-6,9-10,16H,7-8H2,1-4H3. The highest BCUT2D eigenvalue weighted by atomic mass is 19.1. The van der Waals surface area contributed by atoms with Crippen LogP contribution in [0.15, 0.2) is 12.3 Å². The zero-order chi connectivity index (χ0) is 13.5. The van der Waals surface area contributed by atoms with Gasteiger partial charge in [-0.05, 0) is 13.0 Å². The van der Waals surface area contributed by atoms with Crippen molar-refractivity contribution in [3.63, 3.8) is 0 Å². The van der Waals surface area contributed by atoms with Crippen LogP contribution >= 0.6 is 0 Å². The van der Waals surface area contributed by atoms with Crippen molar-refractivity contribution in [2.45, 2.75) is 39.5 Å². The molecule has 0 amide bonds. The molecule has 1 N–H and O–H groups in total. The van der Waals surface area contributed by atoms with E-state index in [9.17, 15) is 4.39 Å². The lowest BCUT2D eigenvalue weighted by atomic mass is 10.2. The van der Waals surface area contributed by atoms with Crippen molar-refractivity contribution in [2.24, 2.45) is 0 Å². The molecule has 4 nitrogen and oxygen atoms in total. The van der Waals surface area contributed by atoms with Gasteiger partial charge in [-0.1, -0.05) is 13.8 Å². The third-order valence-corrected chi connectivity index (χ3v) is 2.35. The lowest BCUT2D eigenvalue weighted by Crippen LogP contribution is -2.23. The molecule has 1 aromatic heterocycles. The Morgan fingerprint density at radius 1 is 1.39 bits per heavy atom. The molecule has 0 aliphatic carbocycles. The Labute approximate surface area is 108 Å². The summed E-state index contributed by atoms with van der Waals surface area (Å²) in [6.45, 7) is 6.69. The number of ether oxygens (including phenoxy) is 2. The van der Waals surface area contributed by atoms with Crippen molar-refractivity contribution in [3.8, 4) is 5.88 Å². The number of rotatable bonds is 7. The SMILES string of the molecule is COCC(C)Oc1nccc(CNC(C)C)c1F. The van der Waals surface area contributed by atoms with E-state index >= 15 is 0 Å². The summed E-state index contributed by atoms with van der Waals surface area (Å²) in [5, 5.41) is 3.16. The molecule has 102 valence electrons. The number of hydrogen-bond donors (Lipinski definition) is 1. The molecular formula is C13H21FN2O2. The van der Waals surface area contributed by atoms with Crippen LogP contribution in [0.4, 0.5) is 4.39 Å². The first kappa shape index (κ1) is 14.9. The van der Waals surface area contributed by atoms with Crippen LogP contribution < -0.4 is 10.1 Å². The fourth-order valence-electron chi connectivity index (χ4n) is 1.45. The largest absolute Gasteiger partial charge is 0.470 e. The van der Waals surface area contributed by atoms with Gasteiger partial charge in [0.1, 0.15) is 6.10 Å². The third kappa shape index (κ3) is 4.58. The second-order valence-corrected chi connectivity index (χ2v) is 4.51. The van der Waals surface area contributed by atoms with E-state index in [0.29, 0.717) is 24.8 Å². The van der Waals surface area contributed by atoms with Crippen LogP contribution in [0.1, 0.15) is 26.3 Å². The summed E-state index contributed by atoms with van der Waals surface area (Å²) in [5.41, 5.74) is 0.554. The van der Waals surface area contributed by atoms with E-state index in [1.807, 2.05) is 20.8 Å². The number of halogens is 1. The lowest BCUT2D eigenvalue weighted by Gasteiger charge is -2.15. The molecule has 1 unspecified atom stereocenters. The number of nitrogens with one attached hydrogen (secondary N) is 1. The van der Waals surface area contributed by atoms with Crippen LogP contribution in [0, 0.1) is 5.82 Å². The van der Waals surface area contributed by atoms with E-state index in [2.05, 4.69) is 10.3 Å². The fraction of sp³-hybridized carbons (Fsp3) is 0.615. The second-order valence-electron chi connectivity index (χ2n) is 4.51. The number of aromatic nitrogens is 1. The van der Waals surface area contributed by atoms with E-state index in [1.54, 1.807) is 19.4 Å². The van der Waals surface area contributed by atoms with Gasteiger partial charge < -0.3 is 14.8 Å². The molecule has 0 saturated carbocycles. The van der Waals surface area contributed by atoms with Gasteiger partial charge in [-0.25, -0.2) is 9.37 Å². The van der Waals surface area contributed by atoms with E-state index in [0.717, 1.165) is 0 Å². The Bertz CT molecular complexity index is 372. The summed E-state index contributed by atoms with van der Waals surface area (Å²) in [6.07, 6.45) is 1.32. The van der Waals surface area contributed by atoms with Crippen LogP contribution in [0.3, 0.4) is 0 Å². The molecule has 1 atom stereocenters. The number of nitrogens with zero attached hydrogens (tertiary/aromatic N) is 1. The first-order valence-corrected chi connectivity index (χ1v) is 6.07. The minimum atomic E-state index is -0.409. The number of hydrogen-bond acceptors (Lipinski definition) is 4. The minimum Gasteiger partial charge on any atom is -0.470 e. The number of methoxy groups -OCH3 is 1. The van der Waals surface area contributed by atoms with Crippen molar-refractivity contribution >= 4 is 0 Å². The Morgan fingerprint density at radius 2 is 2.11 bits per heavy atom. The molecule has 1 heterocycles. The average Bonchev–Trinajstić information content (AvgIpc) is 2.30. The maximum Gasteiger partial charge on any atom is 0.251 e. The molecule has 18 heavy (non-hydrogen) atoms. The average molecular weight is 256 g/mol. The highest BCUT2D eigenvalue weighted by Gasteiger charge is 2.13. The van der Waals surface area contributed by atoms with Gasteiger partial charge >= 0.3 is 0 Å². The van der Waals surface area contributed by atoms with Crippen molar-refractivity contribution in [1.82, 2.24) is 10.3 Å². The van der Waals surface area contributed by atoms with Gasteiger partial charge in [-0.3, -0.25) is 0 Å². The summed E-state index contributed by atoms with van der Waals surface area (Å²) in [4.78, 5) is 3.91. The molecule has 0 spiro atoms. The van der Waals surface area contributed by atoms with E-state index in [-0.39, 0.29) is 12.0 Å². The van der Waals surface area contributed by atoms with Crippen LogP contribution in [0.5, 0.6) is 5.88 Å². The van der Waals surface area contributed by atoms with Gasteiger partial charge in [-0.15, -0.1) is 0 Å². The van der Waals surface area contributed by atoms with Crippen LogP contribution in [-0.4, -0.2) is 30.8 Å². The fourth-order valence-corrected chi connectivity index (χ4v) is 1.45. The maximum atomic E-state index is 14.1. The molecule has 1 rings (SSSR count). The van der Waals surface area contributed by atoms with Crippen LogP contribution in [-0.2, 0) is 11.3 Å². The Morgan fingerprint density at radius 3 is 2.72 bits per heavy atom. The Balaban J connectivity index is 2.71. The van der Waals surface area contributed by atoms with E-state index in [1.165, 1.54) is 0 Å². The summed E-state index contributed by atoms with van der Waals surface area (Å²) in [5.74, 6) is -0.379. The van der Waals surface area contributed by atoms with Crippen molar-refractivity contribution in [1.29, 1.82) is 0 Å². The molecule has 0 bridgehead atoms. The topological polar surface area (TPSA) is 43.4 Å². The lowest BCUT2D eigenvalue weighted by molar-refractivity contribution is 0.0857. The van der Waals surface area contributed by atoms with Gasteiger partial charge in [0.2, 0.25) is 0 Å². The zero-order valence-electron chi connectivity index (χ0n) is 11.4. The van der Waals surface area contributed by atoms with Gasteiger partial charge in [0.15, 0.2) is 5.82 Å². The Kier molecular flexibility index (Phi) is 6.01. The molecule has 0 fully saturated rings. The quantitative estimate of drug-likeness (QED) is 0.811. The third-order valence-electron chi connectivity index (χ3n) is 2.35. The molecule has 0 saturated heterocycles. The van der Waals surface area contributed by atoms with Crippen LogP contribution in [0.2, 0.25) is 0 Å². The smallest absolute Gasteiger partial charge is 0.251 e. The zero-order valence-corrected chi connectivity index (χ0v) is 11.4. The molecule has 0 aliphatic rings. The molecule has 1 aromatic rings. The predicted molar refractivity (Wildman–Crippen MR) is 68.1 cm³/mol. The first-order chi connectivity index (χ1) is 8.54. The molecule has 0 aliphatic heterocycles. The summed E-state index contributed by atoms with van der Waals surface area (Å²) >= 11 is 0. The van der Waals surface area contributed by atoms with Gasteiger partial charge in [-0.2, -0.15) is 0 Å². The molecule has 5 heteroatoms. The minimum absolute atomic E-state index is 0.0302. The van der Waals surface area contributed by atoms with Gasteiger partial charge in [0.25, 0.3) is 5.88 Å². The molecule has 0 aromatic carbocycles. The highest BCUT2D eigenvalue weighted by Crippen LogP contribution is 2.18. The summed E-state index contributed by atoms with van der Waals surface area (Å²) in [6, 6.07) is 1.95. The monoisotopic (exact) mass is 256 g/mol. The summed E-state index contributed by atoms with van der Waals surface area (Å²) in [7, 11) is 1.58. The second kappa shape index (κ2) is 7.28. The Hall–Kier alpha value is -1.20. The number of pyridine rings is 1. The maximum absolute atomic E-state index is 14.1. The summed E-state index contributed by atoms with van der Waals surface area (Å²) < 4.78 is 24.4. The van der Waals surface area contributed by atoms with Gasteiger partial charge in [0.05, 0.1) is 6.61 Å². The molecular weight excluding hydrogens is 235 g/mol. The van der Waals surface area contributed by atoms with E-state index < -0.39 is 5.82 Å².